The predicted octanol–water partition coefficient (Wildman–Crippen LogP) is 3.48. The minimum Gasteiger partial charge on any atom is -0.478 e. The number of hydrogen-bond donors (Lipinski definition) is 2. The number of nitrogens with zero attached hydrogens (tertiary/aromatic N) is 6. The Balaban J connectivity index is 1.41. The summed E-state index contributed by atoms with van der Waals surface area (Å²) in [6.07, 6.45) is 7.34. The summed E-state index contributed by atoms with van der Waals surface area (Å²) in [5.41, 5.74) is 4.36. The Hall–Kier alpha value is -4.53. The van der Waals surface area contributed by atoms with Gasteiger partial charge in [0.1, 0.15) is 0 Å². The van der Waals surface area contributed by atoms with Gasteiger partial charge in [-0.2, -0.15) is 10.1 Å². The van der Waals surface area contributed by atoms with Crippen LogP contribution in [0.5, 0.6) is 0 Å². The molecule has 31 heavy (non-hydrogen) atoms. The Morgan fingerprint density at radius 2 is 1.94 bits per heavy atom. The molecule has 0 saturated carbocycles. The van der Waals surface area contributed by atoms with Gasteiger partial charge in [-0.3, -0.25) is 9.67 Å². The van der Waals surface area contributed by atoms with Crippen LogP contribution in [0, 0.1) is 0 Å². The lowest BCUT2D eigenvalue weighted by atomic mass is 10.1. The van der Waals surface area contributed by atoms with Crippen molar-refractivity contribution in [2.75, 3.05) is 5.32 Å². The molecule has 1 aromatic carbocycles. The fourth-order valence-electron chi connectivity index (χ4n) is 3.26. The first kappa shape index (κ1) is 18.5. The molecule has 0 atom stereocenters. The van der Waals surface area contributed by atoms with Gasteiger partial charge in [-0.05, 0) is 48.5 Å². The summed E-state index contributed by atoms with van der Waals surface area (Å²) in [5.74, 6) is -0.554. The van der Waals surface area contributed by atoms with Crippen molar-refractivity contribution < 1.29 is 9.90 Å². The molecule has 0 bridgehead atoms. The number of benzene rings is 1. The van der Waals surface area contributed by atoms with Crippen LogP contribution < -0.4 is 5.32 Å². The van der Waals surface area contributed by atoms with Gasteiger partial charge in [0.25, 0.3) is 0 Å². The second kappa shape index (κ2) is 7.71. The number of hydrogen-bond acceptors (Lipinski definition) is 6. The van der Waals surface area contributed by atoms with E-state index in [-0.39, 0.29) is 5.56 Å². The maximum absolute atomic E-state index is 11.0. The lowest BCUT2D eigenvalue weighted by Crippen LogP contribution is -2.01. The summed E-state index contributed by atoms with van der Waals surface area (Å²) in [6.45, 7) is 0.579. The summed E-state index contributed by atoms with van der Waals surface area (Å²) < 4.78 is 3.53. The van der Waals surface area contributed by atoms with E-state index in [1.165, 1.54) is 12.1 Å². The largest absolute Gasteiger partial charge is 0.478 e. The highest BCUT2D eigenvalue weighted by Crippen LogP contribution is 2.25. The zero-order chi connectivity index (χ0) is 21.2. The number of aromatic nitrogens is 6. The highest BCUT2D eigenvalue weighted by Gasteiger charge is 2.12. The summed E-state index contributed by atoms with van der Waals surface area (Å²) in [7, 11) is 0. The molecule has 4 heterocycles. The smallest absolute Gasteiger partial charge is 0.335 e. The number of anilines is 2. The summed E-state index contributed by atoms with van der Waals surface area (Å²) in [5, 5.41) is 21.1. The van der Waals surface area contributed by atoms with Crippen molar-refractivity contribution in [2.45, 2.75) is 6.54 Å². The molecule has 0 saturated heterocycles. The van der Waals surface area contributed by atoms with Crippen LogP contribution in [0.3, 0.4) is 0 Å². The van der Waals surface area contributed by atoms with Gasteiger partial charge in [-0.1, -0.05) is 6.07 Å². The first-order valence-corrected chi connectivity index (χ1v) is 9.54. The summed E-state index contributed by atoms with van der Waals surface area (Å²) in [6, 6.07) is 16.1. The number of carboxylic acids is 1. The van der Waals surface area contributed by atoms with Crippen LogP contribution in [0.1, 0.15) is 16.1 Å². The molecule has 2 N–H and O–H groups in total. The topological polar surface area (TPSA) is 110 Å². The van der Waals surface area contributed by atoms with Gasteiger partial charge in [-0.15, -0.1) is 5.10 Å². The minimum absolute atomic E-state index is 0.221. The Bertz CT molecular complexity index is 1360. The molecule has 0 spiro atoms. The van der Waals surface area contributed by atoms with Crippen molar-refractivity contribution in [1.29, 1.82) is 0 Å². The van der Waals surface area contributed by atoms with Crippen LogP contribution in [0.2, 0.25) is 0 Å². The Kier molecular flexibility index (Phi) is 4.60. The van der Waals surface area contributed by atoms with E-state index in [1.807, 2.05) is 47.4 Å². The van der Waals surface area contributed by atoms with E-state index in [9.17, 15) is 4.79 Å². The average Bonchev–Trinajstić information content (AvgIpc) is 3.41. The number of fused-ring (bicyclic) bond motifs is 1. The van der Waals surface area contributed by atoms with E-state index < -0.39 is 5.97 Å². The SMILES string of the molecule is O=C(O)c1ccc(Nc2nc3c(-c4cnn(Cc5ccccn5)c4)cccn3n2)cc1. The van der Waals surface area contributed by atoms with Crippen LogP contribution in [0.4, 0.5) is 11.6 Å². The summed E-state index contributed by atoms with van der Waals surface area (Å²) in [4.78, 5) is 20.0. The molecule has 5 rings (SSSR count). The number of carboxylic acid groups (broad SMARTS) is 1. The molecule has 0 amide bonds. The van der Waals surface area contributed by atoms with Gasteiger partial charge in [0.2, 0.25) is 5.95 Å². The van der Waals surface area contributed by atoms with Crippen LogP contribution in [-0.2, 0) is 6.54 Å². The van der Waals surface area contributed by atoms with Crippen LogP contribution in [0.15, 0.2) is 79.4 Å². The Morgan fingerprint density at radius 3 is 2.71 bits per heavy atom. The van der Waals surface area contributed by atoms with Gasteiger partial charge in [0.05, 0.1) is 24.0 Å². The van der Waals surface area contributed by atoms with Crippen LogP contribution in [-0.4, -0.2) is 40.4 Å². The molecule has 5 aromatic rings. The third-order valence-electron chi connectivity index (χ3n) is 4.74. The van der Waals surface area contributed by atoms with Crippen molar-refractivity contribution in [2.24, 2.45) is 0 Å². The fraction of sp³-hybridized carbons (Fsp3) is 0.0455. The molecule has 0 radical (unpaired) electrons. The van der Waals surface area contributed by atoms with Gasteiger partial charge in [0, 0.05) is 35.4 Å². The van der Waals surface area contributed by atoms with Crippen LogP contribution in [0.25, 0.3) is 16.8 Å². The maximum atomic E-state index is 11.0. The standard InChI is InChI=1S/C22H17N7O2/c30-21(31)15-6-8-17(9-7-15)25-22-26-20-19(5-3-11-29(20)27-22)16-12-24-28(13-16)14-18-4-1-2-10-23-18/h1-13H,14H2,(H,25,27)(H,30,31). The number of aromatic carboxylic acids is 1. The van der Waals surface area contributed by atoms with E-state index in [4.69, 9.17) is 5.11 Å². The number of carbonyl (C=O) groups is 1. The van der Waals surface area contributed by atoms with Crippen molar-refractivity contribution in [3.05, 3.63) is 90.6 Å². The Morgan fingerprint density at radius 1 is 1.06 bits per heavy atom. The molecule has 0 aliphatic heterocycles. The van der Waals surface area contributed by atoms with Crippen molar-refractivity contribution in [3.8, 4) is 11.1 Å². The predicted molar refractivity (Wildman–Crippen MR) is 114 cm³/mol. The zero-order valence-electron chi connectivity index (χ0n) is 16.3. The maximum Gasteiger partial charge on any atom is 0.335 e. The van der Waals surface area contributed by atoms with Gasteiger partial charge in [-0.25, -0.2) is 9.31 Å². The minimum atomic E-state index is -0.967. The van der Waals surface area contributed by atoms with Crippen molar-refractivity contribution in [3.63, 3.8) is 0 Å². The molecule has 9 heteroatoms. The molecule has 0 aliphatic carbocycles. The van der Waals surface area contributed by atoms with E-state index >= 15 is 0 Å². The number of rotatable bonds is 6. The molecule has 9 nitrogen and oxygen atoms in total. The quantitative estimate of drug-likeness (QED) is 0.440. The second-order valence-electron chi connectivity index (χ2n) is 6.88. The highest BCUT2D eigenvalue weighted by molar-refractivity contribution is 5.88. The molecule has 4 aromatic heterocycles. The molecular formula is C22H17N7O2. The molecule has 0 unspecified atom stereocenters. The Labute approximate surface area is 176 Å². The lowest BCUT2D eigenvalue weighted by Gasteiger charge is -2.01. The first-order chi connectivity index (χ1) is 15.2. The molecular weight excluding hydrogens is 394 g/mol. The van der Waals surface area contributed by atoms with Gasteiger partial charge < -0.3 is 10.4 Å². The fourth-order valence-corrected chi connectivity index (χ4v) is 3.26. The third-order valence-corrected chi connectivity index (χ3v) is 4.74. The third kappa shape index (κ3) is 3.84. The highest BCUT2D eigenvalue weighted by atomic mass is 16.4. The monoisotopic (exact) mass is 411 g/mol. The van der Waals surface area contributed by atoms with Gasteiger partial charge in [0.15, 0.2) is 5.65 Å². The second-order valence-corrected chi connectivity index (χ2v) is 6.88. The van der Waals surface area contributed by atoms with E-state index in [2.05, 4.69) is 25.5 Å². The molecule has 0 aliphatic rings. The molecule has 152 valence electrons. The van der Waals surface area contributed by atoms with Crippen molar-refractivity contribution >= 4 is 23.3 Å². The number of nitrogens with one attached hydrogen (secondary N) is 1. The first-order valence-electron chi connectivity index (χ1n) is 9.54. The summed E-state index contributed by atoms with van der Waals surface area (Å²) >= 11 is 0. The normalized spacial score (nSPS) is 11.0. The lowest BCUT2D eigenvalue weighted by molar-refractivity contribution is 0.0697. The van der Waals surface area contributed by atoms with Gasteiger partial charge >= 0.3 is 5.97 Å². The number of pyridine rings is 2. The van der Waals surface area contributed by atoms with Crippen molar-refractivity contribution in [1.82, 2.24) is 29.4 Å². The molecule has 0 fully saturated rings. The van der Waals surface area contributed by atoms with E-state index in [0.29, 0.717) is 23.8 Å². The van der Waals surface area contributed by atoms with Crippen LogP contribution >= 0.6 is 0 Å². The average molecular weight is 411 g/mol. The van der Waals surface area contributed by atoms with E-state index in [1.54, 1.807) is 29.0 Å². The van der Waals surface area contributed by atoms with E-state index in [0.717, 1.165) is 16.8 Å². The zero-order valence-corrected chi connectivity index (χ0v) is 16.3.